The maximum atomic E-state index is 11.7. The maximum Gasteiger partial charge on any atom is 0.324 e. The van der Waals surface area contributed by atoms with Crippen molar-refractivity contribution in [1.29, 1.82) is 0 Å². The van der Waals surface area contributed by atoms with Crippen molar-refractivity contribution in [3.05, 3.63) is 53.2 Å². The predicted molar refractivity (Wildman–Crippen MR) is 73.1 cm³/mol. The summed E-state index contributed by atoms with van der Waals surface area (Å²) >= 11 is 5.97. The number of nitrogens with one attached hydrogen (secondary N) is 2. The van der Waals surface area contributed by atoms with Crippen LogP contribution >= 0.6 is 11.6 Å². The number of carbonyl (C=O) groups is 1. The number of benzene rings is 1. The quantitative estimate of drug-likeness (QED) is 0.866. The van der Waals surface area contributed by atoms with E-state index >= 15 is 0 Å². The number of aromatic nitrogens is 1. The summed E-state index contributed by atoms with van der Waals surface area (Å²) in [6.45, 7) is 1.90. The zero-order chi connectivity index (χ0) is 13.0. The Labute approximate surface area is 110 Å². The highest BCUT2D eigenvalue weighted by molar-refractivity contribution is 6.31. The number of amides is 2. The number of halogens is 1. The lowest BCUT2D eigenvalue weighted by atomic mass is 10.2. The molecule has 1 aromatic carbocycles. The molecule has 0 aliphatic carbocycles. The molecule has 4 nitrogen and oxygen atoms in total. The summed E-state index contributed by atoms with van der Waals surface area (Å²) in [5.41, 5.74) is 1.60. The average molecular weight is 262 g/mol. The molecule has 18 heavy (non-hydrogen) atoms. The Morgan fingerprint density at radius 1 is 1.22 bits per heavy atom. The van der Waals surface area contributed by atoms with Gasteiger partial charge in [-0.2, -0.15) is 0 Å². The van der Waals surface area contributed by atoms with Crippen LogP contribution in [0.15, 0.2) is 42.6 Å². The number of anilines is 2. The normalized spacial score (nSPS) is 9.89. The monoisotopic (exact) mass is 261 g/mol. The van der Waals surface area contributed by atoms with E-state index in [-0.39, 0.29) is 6.03 Å². The minimum Gasteiger partial charge on any atom is -0.308 e. The zero-order valence-corrected chi connectivity index (χ0v) is 10.5. The van der Waals surface area contributed by atoms with Crippen LogP contribution in [-0.2, 0) is 0 Å². The second-order valence-corrected chi connectivity index (χ2v) is 4.17. The van der Waals surface area contributed by atoms with E-state index in [0.717, 1.165) is 5.56 Å². The fraction of sp³-hybridized carbons (Fsp3) is 0.0769. The van der Waals surface area contributed by atoms with Crippen molar-refractivity contribution >= 4 is 29.1 Å². The first-order chi connectivity index (χ1) is 8.65. The van der Waals surface area contributed by atoms with Gasteiger partial charge in [0.1, 0.15) is 5.82 Å². The molecular weight excluding hydrogens is 250 g/mol. The van der Waals surface area contributed by atoms with E-state index in [9.17, 15) is 4.79 Å². The number of nitrogens with zero attached hydrogens (tertiary/aromatic N) is 1. The Bertz CT molecular complexity index is 557. The van der Waals surface area contributed by atoms with Crippen LogP contribution in [0, 0.1) is 6.92 Å². The summed E-state index contributed by atoms with van der Waals surface area (Å²) in [6, 6.07) is 10.3. The second-order valence-electron chi connectivity index (χ2n) is 3.76. The summed E-state index contributed by atoms with van der Waals surface area (Å²) in [6.07, 6.45) is 1.61. The first kappa shape index (κ1) is 12.4. The summed E-state index contributed by atoms with van der Waals surface area (Å²) in [7, 11) is 0. The van der Waals surface area contributed by atoms with Crippen LogP contribution in [-0.4, -0.2) is 11.0 Å². The van der Waals surface area contributed by atoms with Gasteiger partial charge in [-0.05, 0) is 36.8 Å². The first-order valence-corrected chi connectivity index (χ1v) is 5.78. The Morgan fingerprint density at radius 3 is 2.72 bits per heavy atom. The number of aryl methyl sites for hydroxylation is 1. The van der Waals surface area contributed by atoms with Gasteiger partial charge in [0.25, 0.3) is 0 Å². The van der Waals surface area contributed by atoms with Crippen molar-refractivity contribution in [2.24, 2.45) is 0 Å². The summed E-state index contributed by atoms with van der Waals surface area (Å²) < 4.78 is 0. The van der Waals surface area contributed by atoms with Crippen LogP contribution in [0.4, 0.5) is 16.3 Å². The first-order valence-electron chi connectivity index (χ1n) is 5.40. The number of rotatable bonds is 2. The van der Waals surface area contributed by atoms with Crippen molar-refractivity contribution in [2.75, 3.05) is 10.6 Å². The molecule has 0 atom stereocenters. The van der Waals surface area contributed by atoms with Gasteiger partial charge in [0.2, 0.25) is 0 Å². The molecule has 92 valence electrons. The number of hydrogen-bond donors (Lipinski definition) is 2. The Balaban J connectivity index is 2.01. The molecule has 0 saturated heterocycles. The third-order valence-corrected chi connectivity index (χ3v) is 2.74. The molecule has 2 aromatic rings. The number of urea groups is 1. The molecule has 0 saturated carbocycles. The van der Waals surface area contributed by atoms with Gasteiger partial charge in [-0.1, -0.05) is 23.7 Å². The van der Waals surface area contributed by atoms with Gasteiger partial charge in [-0.15, -0.1) is 0 Å². The number of pyridine rings is 1. The summed E-state index contributed by atoms with van der Waals surface area (Å²) in [5.74, 6) is 0.494. The van der Waals surface area contributed by atoms with Crippen LogP contribution < -0.4 is 10.6 Å². The predicted octanol–water partition coefficient (Wildman–Crippen LogP) is 3.69. The van der Waals surface area contributed by atoms with Crippen LogP contribution in [0.1, 0.15) is 5.56 Å². The highest BCUT2D eigenvalue weighted by Crippen LogP contribution is 2.19. The standard InChI is InChI=1S/C13H12ClN3O/c1-9-5-6-10(8-11(9)14)16-13(18)17-12-4-2-3-7-15-12/h2-8H,1H3,(H2,15,16,17,18). The Kier molecular flexibility index (Phi) is 3.79. The van der Waals surface area contributed by atoms with E-state index < -0.39 is 0 Å². The second kappa shape index (κ2) is 5.51. The van der Waals surface area contributed by atoms with Crippen molar-refractivity contribution in [2.45, 2.75) is 6.92 Å². The van der Waals surface area contributed by atoms with E-state index in [0.29, 0.717) is 16.5 Å². The molecule has 5 heteroatoms. The topological polar surface area (TPSA) is 54.0 Å². The van der Waals surface area contributed by atoms with Gasteiger partial charge in [0.15, 0.2) is 0 Å². The van der Waals surface area contributed by atoms with E-state index in [1.165, 1.54) is 0 Å². The SMILES string of the molecule is Cc1ccc(NC(=O)Nc2ccccn2)cc1Cl. The van der Waals surface area contributed by atoms with E-state index in [1.807, 2.05) is 13.0 Å². The Morgan fingerprint density at radius 2 is 2.06 bits per heavy atom. The molecule has 0 spiro atoms. The van der Waals surface area contributed by atoms with Crippen LogP contribution in [0.25, 0.3) is 0 Å². The number of carbonyl (C=O) groups excluding carboxylic acids is 1. The van der Waals surface area contributed by atoms with Crippen LogP contribution in [0.5, 0.6) is 0 Å². The highest BCUT2D eigenvalue weighted by Gasteiger charge is 2.04. The van der Waals surface area contributed by atoms with Crippen molar-refractivity contribution < 1.29 is 4.79 Å². The van der Waals surface area contributed by atoms with E-state index in [2.05, 4.69) is 15.6 Å². The molecule has 0 bridgehead atoms. The van der Waals surface area contributed by atoms with Crippen molar-refractivity contribution in [3.63, 3.8) is 0 Å². The molecule has 0 aliphatic heterocycles. The minimum absolute atomic E-state index is 0.353. The highest BCUT2D eigenvalue weighted by atomic mass is 35.5. The van der Waals surface area contributed by atoms with Crippen molar-refractivity contribution in [1.82, 2.24) is 4.98 Å². The smallest absolute Gasteiger partial charge is 0.308 e. The zero-order valence-electron chi connectivity index (χ0n) is 9.77. The maximum absolute atomic E-state index is 11.7. The molecule has 0 fully saturated rings. The van der Waals surface area contributed by atoms with E-state index in [4.69, 9.17) is 11.6 Å². The van der Waals surface area contributed by atoms with Gasteiger partial charge in [0, 0.05) is 16.9 Å². The molecule has 2 amide bonds. The molecule has 1 aromatic heterocycles. The van der Waals surface area contributed by atoms with Gasteiger partial charge >= 0.3 is 6.03 Å². The minimum atomic E-state index is -0.353. The van der Waals surface area contributed by atoms with Gasteiger partial charge in [-0.25, -0.2) is 9.78 Å². The lowest BCUT2D eigenvalue weighted by Gasteiger charge is -2.07. The number of hydrogen-bond acceptors (Lipinski definition) is 2. The molecule has 0 aliphatic rings. The molecule has 2 rings (SSSR count). The van der Waals surface area contributed by atoms with Gasteiger partial charge < -0.3 is 5.32 Å². The Hall–Kier alpha value is -2.07. The third-order valence-electron chi connectivity index (χ3n) is 2.34. The van der Waals surface area contributed by atoms with E-state index in [1.54, 1.807) is 36.5 Å². The summed E-state index contributed by atoms with van der Waals surface area (Å²) in [4.78, 5) is 15.7. The van der Waals surface area contributed by atoms with Crippen molar-refractivity contribution in [3.8, 4) is 0 Å². The molecule has 2 N–H and O–H groups in total. The largest absolute Gasteiger partial charge is 0.324 e. The lowest BCUT2D eigenvalue weighted by Crippen LogP contribution is -2.19. The van der Waals surface area contributed by atoms with Gasteiger partial charge in [-0.3, -0.25) is 5.32 Å². The molecule has 0 unspecified atom stereocenters. The lowest BCUT2D eigenvalue weighted by molar-refractivity contribution is 0.262. The average Bonchev–Trinajstić information content (AvgIpc) is 2.35. The van der Waals surface area contributed by atoms with Crippen LogP contribution in [0.2, 0.25) is 5.02 Å². The fourth-order valence-electron chi connectivity index (χ4n) is 1.39. The van der Waals surface area contributed by atoms with Gasteiger partial charge in [0.05, 0.1) is 0 Å². The third kappa shape index (κ3) is 3.21. The van der Waals surface area contributed by atoms with Crippen LogP contribution in [0.3, 0.4) is 0 Å². The molecular formula is C13H12ClN3O. The molecule has 1 heterocycles. The summed E-state index contributed by atoms with van der Waals surface area (Å²) in [5, 5.41) is 5.92. The molecule has 0 radical (unpaired) electrons. The fourth-order valence-corrected chi connectivity index (χ4v) is 1.57.